The second-order valence-corrected chi connectivity index (χ2v) is 23.8. The van der Waals surface area contributed by atoms with Gasteiger partial charge in [0.2, 0.25) is 0 Å². The highest BCUT2D eigenvalue weighted by molar-refractivity contribution is 5.71. The maximum atomic E-state index is 12.9. The number of unbranched alkanes of at least 4 members (excludes halogenated alkanes) is 46. The Morgan fingerprint density at radius 1 is 0.253 bits per heavy atom. The molecule has 6 heteroatoms. The summed E-state index contributed by atoms with van der Waals surface area (Å²) in [4.78, 5) is 38.4. The van der Waals surface area contributed by atoms with E-state index in [4.69, 9.17) is 14.2 Å². The van der Waals surface area contributed by atoms with Gasteiger partial charge in [0.05, 0.1) is 0 Å². The molecule has 0 bridgehead atoms. The quantitative estimate of drug-likeness (QED) is 0.0261. The predicted octanol–water partition coefficient (Wildman–Crippen LogP) is 24.1. The van der Waals surface area contributed by atoms with Gasteiger partial charge in [-0.05, 0) is 83.5 Å². The Kier molecular flexibility index (Phi) is 65.6. The number of rotatable bonds is 65. The maximum Gasteiger partial charge on any atom is 0.306 e. The van der Waals surface area contributed by atoms with Crippen molar-refractivity contribution in [3.05, 3.63) is 48.6 Å². The summed E-state index contributed by atoms with van der Waals surface area (Å²) in [6.07, 6.45) is 85.7. The van der Waals surface area contributed by atoms with Crippen LogP contribution >= 0.6 is 0 Å². The second kappa shape index (κ2) is 67.9. The zero-order chi connectivity index (χ0) is 57.1. The van der Waals surface area contributed by atoms with E-state index in [1.165, 1.54) is 238 Å². The molecule has 79 heavy (non-hydrogen) atoms. The third kappa shape index (κ3) is 66.1. The summed E-state index contributed by atoms with van der Waals surface area (Å²) in [7, 11) is 0. The van der Waals surface area contributed by atoms with Gasteiger partial charge in [0.15, 0.2) is 6.10 Å². The molecular weight excluding hydrogens is 973 g/mol. The Labute approximate surface area is 492 Å². The topological polar surface area (TPSA) is 78.9 Å². The average molecular weight is 1110 g/mol. The van der Waals surface area contributed by atoms with Crippen molar-refractivity contribution in [1.29, 1.82) is 0 Å². The van der Waals surface area contributed by atoms with Crippen LogP contribution in [0.25, 0.3) is 0 Å². The number of esters is 3. The van der Waals surface area contributed by atoms with Crippen molar-refractivity contribution in [3.63, 3.8) is 0 Å². The van der Waals surface area contributed by atoms with Crippen LogP contribution in [0.2, 0.25) is 0 Å². The second-order valence-electron chi connectivity index (χ2n) is 23.8. The van der Waals surface area contributed by atoms with Gasteiger partial charge in [0.25, 0.3) is 0 Å². The van der Waals surface area contributed by atoms with Crippen molar-refractivity contribution < 1.29 is 28.6 Å². The largest absolute Gasteiger partial charge is 0.462 e. The monoisotopic (exact) mass is 1110 g/mol. The number of hydrogen-bond acceptors (Lipinski definition) is 6. The molecule has 1 unspecified atom stereocenters. The van der Waals surface area contributed by atoms with Crippen molar-refractivity contribution in [2.45, 2.75) is 386 Å². The summed E-state index contributed by atoms with van der Waals surface area (Å²) >= 11 is 0. The van der Waals surface area contributed by atoms with E-state index in [-0.39, 0.29) is 31.1 Å². The van der Waals surface area contributed by atoms with Gasteiger partial charge in [-0.3, -0.25) is 14.4 Å². The average Bonchev–Trinajstić information content (AvgIpc) is 3.45. The van der Waals surface area contributed by atoms with Gasteiger partial charge >= 0.3 is 17.9 Å². The van der Waals surface area contributed by atoms with Gasteiger partial charge in [0.1, 0.15) is 13.2 Å². The molecule has 0 rings (SSSR count). The normalized spacial score (nSPS) is 12.3. The molecular formula is C73H134O6. The summed E-state index contributed by atoms with van der Waals surface area (Å²) < 4.78 is 17.0. The Morgan fingerprint density at radius 3 is 0.709 bits per heavy atom. The number of hydrogen-bond donors (Lipinski definition) is 0. The van der Waals surface area contributed by atoms with Crippen LogP contribution in [0, 0.1) is 0 Å². The molecule has 0 radical (unpaired) electrons. The lowest BCUT2D eigenvalue weighted by molar-refractivity contribution is -0.167. The Bertz CT molecular complexity index is 1360. The highest BCUT2D eigenvalue weighted by Crippen LogP contribution is 2.18. The summed E-state index contributed by atoms with van der Waals surface area (Å²) in [5.41, 5.74) is 0. The first kappa shape index (κ1) is 76.4. The minimum Gasteiger partial charge on any atom is -0.462 e. The molecule has 0 aromatic rings. The summed E-state index contributed by atoms with van der Waals surface area (Å²) in [6.45, 7) is 6.64. The molecule has 0 fully saturated rings. The van der Waals surface area contributed by atoms with E-state index in [1.54, 1.807) is 0 Å². The van der Waals surface area contributed by atoms with Crippen LogP contribution in [0.4, 0.5) is 0 Å². The minimum absolute atomic E-state index is 0.0799. The van der Waals surface area contributed by atoms with Crippen molar-refractivity contribution in [3.8, 4) is 0 Å². The number of carbonyl (C=O) groups excluding carboxylic acids is 3. The number of ether oxygens (including phenoxy) is 3. The summed E-state index contributed by atoms with van der Waals surface area (Å²) in [6, 6.07) is 0. The van der Waals surface area contributed by atoms with Crippen LogP contribution in [0.5, 0.6) is 0 Å². The fourth-order valence-electron chi connectivity index (χ4n) is 10.5. The van der Waals surface area contributed by atoms with Crippen molar-refractivity contribution in [2.24, 2.45) is 0 Å². The molecule has 0 aromatic carbocycles. The van der Waals surface area contributed by atoms with E-state index in [1.807, 2.05) is 0 Å². The molecule has 6 nitrogen and oxygen atoms in total. The smallest absolute Gasteiger partial charge is 0.306 e. The minimum atomic E-state index is -0.786. The molecule has 0 amide bonds. The van der Waals surface area contributed by atoms with E-state index in [9.17, 15) is 14.4 Å². The predicted molar refractivity (Wildman–Crippen MR) is 344 cm³/mol. The molecule has 0 saturated carbocycles. The SMILES string of the molecule is CCCCCC/C=C\C/C=C\CCCCCCCC(=O)OCC(COC(=O)CCCCCCCCCCCCCCCCCCCCCCCCCCCCCCC)OC(=O)CCCCCCC/C=C\C/C=C\CCCCCC. The lowest BCUT2D eigenvalue weighted by atomic mass is 10.0. The molecule has 0 aliphatic heterocycles. The Morgan fingerprint density at radius 2 is 0.456 bits per heavy atom. The van der Waals surface area contributed by atoms with Crippen LogP contribution in [-0.4, -0.2) is 37.2 Å². The van der Waals surface area contributed by atoms with E-state index in [0.29, 0.717) is 19.3 Å². The standard InChI is InChI=1S/C73H134O6/c1-4-7-10-13-16-19-22-25-28-31-32-33-34-35-36-37-38-39-40-41-42-43-46-48-51-54-57-60-63-66-72(75)78-69-70(79-73(76)67-64-61-58-55-52-49-45-30-27-24-21-18-15-12-9-6-3)68-77-71(74)65-62-59-56-53-50-47-44-29-26-23-20-17-14-11-8-5-2/h20-21,23-24,29-30,44-45,70H,4-19,22,25-28,31-43,46-69H2,1-3H3/b23-20-,24-21-,44-29-,45-30-. The molecule has 0 spiro atoms. The van der Waals surface area contributed by atoms with Crippen LogP contribution in [0.3, 0.4) is 0 Å². The summed E-state index contributed by atoms with van der Waals surface area (Å²) in [5, 5.41) is 0. The molecule has 0 heterocycles. The first-order valence-electron chi connectivity index (χ1n) is 35.1. The van der Waals surface area contributed by atoms with Gasteiger partial charge in [0, 0.05) is 19.3 Å². The molecule has 462 valence electrons. The molecule has 0 aliphatic carbocycles. The molecule has 0 N–H and O–H groups in total. The molecule has 0 aromatic heterocycles. The van der Waals surface area contributed by atoms with Crippen molar-refractivity contribution in [1.82, 2.24) is 0 Å². The van der Waals surface area contributed by atoms with E-state index >= 15 is 0 Å². The zero-order valence-electron chi connectivity index (χ0n) is 53.2. The number of carbonyl (C=O) groups is 3. The number of allylic oxidation sites excluding steroid dienone is 8. The van der Waals surface area contributed by atoms with Gasteiger partial charge < -0.3 is 14.2 Å². The van der Waals surface area contributed by atoms with Crippen LogP contribution < -0.4 is 0 Å². The zero-order valence-corrected chi connectivity index (χ0v) is 53.2. The van der Waals surface area contributed by atoms with Gasteiger partial charge in [-0.1, -0.05) is 326 Å². The van der Waals surface area contributed by atoms with E-state index < -0.39 is 6.10 Å². The van der Waals surface area contributed by atoms with Crippen LogP contribution in [-0.2, 0) is 28.6 Å². The van der Waals surface area contributed by atoms with Crippen molar-refractivity contribution >= 4 is 17.9 Å². The Hall–Kier alpha value is -2.63. The lowest BCUT2D eigenvalue weighted by Crippen LogP contribution is -2.30. The molecule has 0 aliphatic rings. The Balaban J connectivity index is 4.22. The highest BCUT2D eigenvalue weighted by Gasteiger charge is 2.19. The van der Waals surface area contributed by atoms with Gasteiger partial charge in [-0.2, -0.15) is 0 Å². The fourth-order valence-corrected chi connectivity index (χ4v) is 10.5. The van der Waals surface area contributed by atoms with Crippen LogP contribution in [0.15, 0.2) is 48.6 Å². The van der Waals surface area contributed by atoms with Gasteiger partial charge in [-0.25, -0.2) is 0 Å². The van der Waals surface area contributed by atoms with E-state index in [0.717, 1.165) is 103 Å². The fraction of sp³-hybridized carbons (Fsp3) is 0.849. The van der Waals surface area contributed by atoms with E-state index in [2.05, 4.69) is 69.4 Å². The highest BCUT2D eigenvalue weighted by atomic mass is 16.6. The third-order valence-corrected chi connectivity index (χ3v) is 15.8. The summed E-state index contributed by atoms with van der Waals surface area (Å²) in [5.74, 6) is -0.885. The van der Waals surface area contributed by atoms with Crippen molar-refractivity contribution in [2.75, 3.05) is 13.2 Å². The lowest BCUT2D eigenvalue weighted by Gasteiger charge is -2.18. The third-order valence-electron chi connectivity index (χ3n) is 15.8. The maximum absolute atomic E-state index is 12.9. The first-order chi connectivity index (χ1) is 39.0. The van der Waals surface area contributed by atoms with Gasteiger partial charge in [-0.15, -0.1) is 0 Å². The first-order valence-corrected chi connectivity index (χ1v) is 35.1. The van der Waals surface area contributed by atoms with Crippen LogP contribution in [0.1, 0.15) is 380 Å². The molecule has 0 saturated heterocycles. The molecule has 1 atom stereocenters.